The highest BCUT2D eigenvalue weighted by molar-refractivity contribution is 5.36. The Kier molecular flexibility index (Phi) is 3.78. The first-order valence-corrected chi connectivity index (χ1v) is 6.34. The van der Waals surface area contributed by atoms with Crippen LogP contribution in [0.15, 0.2) is 6.07 Å². The number of aryl methyl sites for hydroxylation is 1. The van der Waals surface area contributed by atoms with Crippen LogP contribution in [0.2, 0.25) is 0 Å². The molecule has 2 atom stereocenters. The first-order valence-electron chi connectivity index (χ1n) is 6.34. The molecule has 1 heterocycles. The standard InChI is InChI=1S/C13H19N5/c1-9-6-11(8-15)17-13(16-9)18(2)12-5-3-4-10(12)7-14/h6,10,12H,3-5,7,14H2,1-2H3. The molecule has 2 unspecified atom stereocenters. The Morgan fingerprint density at radius 3 is 2.94 bits per heavy atom. The summed E-state index contributed by atoms with van der Waals surface area (Å²) in [5.41, 5.74) is 7.05. The molecule has 5 heteroatoms. The molecule has 0 saturated heterocycles. The summed E-state index contributed by atoms with van der Waals surface area (Å²) in [5.74, 6) is 1.14. The van der Waals surface area contributed by atoms with E-state index in [-0.39, 0.29) is 0 Å². The lowest BCUT2D eigenvalue weighted by Crippen LogP contribution is -2.38. The van der Waals surface area contributed by atoms with Gasteiger partial charge in [0, 0.05) is 18.8 Å². The minimum absolute atomic E-state index is 0.392. The van der Waals surface area contributed by atoms with Crippen molar-refractivity contribution >= 4 is 5.95 Å². The van der Waals surface area contributed by atoms with Gasteiger partial charge in [0.2, 0.25) is 5.95 Å². The lowest BCUT2D eigenvalue weighted by molar-refractivity contribution is 0.469. The Morgan fingerprint density at radius 2 is 2.28 bits per heavy atom. The molecule has 1 aliphatic carbocycles. The van der Waals surface area contributed by atoms with Gasteiger partial charge < -0.3 is 10.6 Å². The van der Waals surface area contributed by atoms with Crippen molar-refractivity contribution in [1.29, 1.82) is 5.26 Å². The number of hydrogen-bond donors (Lipinski definition) is 1. The maximum Gasteiger partial charge on any atom is 0.226 e. The second-order valence-electron chi connectivity index (χ2n) is 4.91. The van der Waals surface area contributed by atoms with Gasteiger partial charge in [0.15, 0.2) is 0 Å². The summed E-state index contributed by atoms with van der Waals surface area (Å²) in [7, 11) is 1.99. The minimum atomic E-state index is 0.392. The average molecular weight is 245 g/mol. The largest absolute Gasteiger partial charge is 0.341 e. The summed E-state index contributed by atoms with van der Waals surface area (Å²) < 4.78 is 0. The third-order valence-corrected chi connectivity index (χ3v) is 3.69. The maximum atomic E-state index is 8.95. The second kappa shape index (κ2) is 5.32. The van der Waals surface area contributed by atoms with Gasteiger partial charge in [-0.2, -0.15) is 5.26 Å². The van der Waals surface area contributed by atoms with E-state index in [9.17, 15) is 0 Å². The fraction of sp³-hybridized carbons (Fsp3) is 0.615. The van der Waals surface area contributed by atoms with Crippen molar-refractivity contribution in [3.05, 3.63) is 17.5 Å². The van der Waals surface area contributed by atoms with Crippen LogP contribution in [0.25, 0.3) is 0 Å². The molecule has 18 heavy (non-hydrogen) atoms. The van der Waals surface area contributed by atoms with Gasteiger partial charge in [-0.05, 0) is 38.3 Å². The number of rotatable bonds is 3. The molecule has 2 N–H and O–H groups in total. The van der Waals surface area contributed by atoms with E-state index >= 15 is 0 Å². The Balaban J connectivity index is 2.25. The SMILES string of the molecule is Cc1cc(C#N)nc(N(C)C2CCCC2CN)n1. The zero-order valence-corrected chi connectivity index (χ0v) is 10.9. The van der Waals surface area contributed by atoms with Crippen molar-refractivity contribution in [2.24, 2.45) is 11.7 Å². The minimum Gasteiger partial charge on any atom is -0.341 e. The monoisotopic (exact) mass is 245 g/mol. The molecule has 1 aliphatic rings. The summed E-state index contributed by atoms with van der Waals surface area (Å²) in [6.45, 7) is 2.58. The number of nitrogens with two attached hydrogens (primary N) is 1. The summed E-state index contributed by atoms with van der Waals surface area (Å²) in [6, 6.07) is 4.17. The van der Waals surface area contributed by atoms with Gasteiger partial charge in [-0.25, -0.2) is 9.97 Å². The highest BCUT2D eigenvalue weighted by atomic mass is 15.3. The fourth-order valence-corrected chi connectivity index (χ4v) is 2.72. The molecule has 1 aromatic heterocycles. The van der Waals surface area contributed by atoms with E-state index in [0.717, 1.165) is 12.1 Å². The van der Waals surface area contributed by atoms with Crippen LogP contribution in [0.4, 0.5) is 5.95 Å². The normalized spacial score (nSPS) is 22.8. The summed E-state index contributed by atoms with van der Waals surface area (Å²) >= 11 is 0. The first-order chi connectivity index (χ1) is 8.65. The van der Waals surface area contributed by atoms with E-state index in [1.165, 1.54) is 12.8 Å². The molecule has 5 nitrogen and oxygen atoms in total. The molecule has 1 fully saturated rings. The lowest BCUT2D eigenvalue weighted by Gasteiger charge is -2.29. The van der Waals surface area contributed by atoms with Crippen LogP contribution in [-0.2, 0) is 0 Å². The quantitative estimate of drug-likeness (QED) is 0.866. The van der Waals surface area contributed by atoms with Crippen molar-refractivity contribution in [2.45, 2.75) is 32.2 Å². The maximum absolute atomic E-state index is 8.95. The summed E-state index contributed by atoms with van der Waals surface area (Å²) in [4.78, 5) is 10.8. The van der Waals surface area contributed by atoms with Crippen LogP contribution in [0.3, 0.4) is 0 Å². The van der Waals surface area contributed by atoms with E-state index in [2.05, 4.69) is 20.9 Å². The molecule has 2 rings (SSSR count). The Labute approximate surface area is 108 Å². The second-order valence-corrected chi connectivity index (χ2v) is 4.91. The van der Waals surface area contributed by atoms with Crippen LogP contribution >= 0.6 is 0 Å². The molecule has 0 amide bonds. The zero-order chi connectivity index (χ0) is 13.1. The molecule has 0 spiro atoms. The Bertz CT molecular complexity index is 465. The highest BCUT2D eigenvalue weighted by Crippen LogP contribution is 2.30. The molecule has 0 aliphatic heterocycles. The zero-order valence-electron chi connectivity index (χ0n) is 10.9. The number of anilines is 1. The van der Waals surface area contributed by atoms with Crippen LogP contribution < -0.4 is 10.6 Å². The number of aromatic nitrogens is 2. The summed E-state index contributed by atoms with van der Waals surface area (Å²) in [5, 5.41) is 8.95. The number of nitrogens with zero attached hydrogens (tertiary/aromatic N) is 4. The molecule has 1 saturated carbocycles. The number of hydrogen-bond acceptors (Lipinski definition) is 5. The average Bonchev–Trinajstić information content (AvgIpc) is 2.85. The van der Waals surface area contributed by atoms with Crippen LogP contribution in [-0.4, -0.2) is 29.6 Å². The molecular weight excluding hydrogens is 226 g/mol. The molecule has 0 bridgehead atoms. The van der Waals surface area contributed by atoms with Crippen LogP contribution in [0.5, 0.6) is 0 Å². The Hall–Kier alpha value is -1.67. The third-order valence-electron chi connectivity index (χ3n) is 3.69. The molecule has 0 aromatic carbocycles. The van der Waals surface area contributed by atoms with E-state index in [1.54, 1.807) is 6.07 Å². The van der Waals surface area contributed by atoms with Crippen LogP contribution in [0.1, 0.15) is 30.7 Å². The van der Waals surface area contributed by atoms with Crippen molar-refractivity contribution in [2.75, 3.05) is 18.5 Å². The van der Waals surface area contributed by atoms with Gasteiger partial charge in [-0.15, -0.1) is 0 Å². The van der Waals surface area contributed by atoms with Gasteiger partial charge in [-0.3, -0.25) is 0 Å². The van der Waals surface area contributed by atoms with Gasteiger partial charge in [0.1, 0.15) is 11.8 Å². The van der Waals surface area contributed by atoms with Crippen LogP contribution in [0, 0.1) is 24.2 Å². The van der Waals surface area contributed by atoms with Crippen molar-refractivity contribution in [1.82, 2.24) is 9.97 Å². The fourth-order valence-electron chi connectivity index (χ4n) is 2.72. The molecule has 96 valence electrons. The van der Waals surface area contributed by atoms with E-state index in [0.29, 0.717) is 30.1 Å². The summed E-state index contributed by atoms with van der Waals surface area (Å²) in [6.07, 6.45) is 3.49. The predicted octanol–water partition coefficient (Wildman–Crippen LogP) is 1.22. The van der Waals surface area contributed by atoms with Crippen molar-refractivity contribution in [3.63, 3.8) is 0 Å². The lowest BCUT2D eigenvalue weighted by atomic mass is 10.0. The molecule has 0 radical (unpaired) electrons. The van der Waals surface area contributed by atoms with Crippen molar-refractivity contribution < 1.29 is 0 Å². The van der Waals surface area contributed by atoms with E-state index < -0.39 is 0 Å². The van der Waals surface area contributed by atoms with Gasteiger partial charge in [0.05, 0.1) is 0 Å². The highest BCUT2D eigenvalue weighted by Gasteiger charge is 2.30. The van der Waals surface area contributed by atoms with E-state index in [1.807, 2.05) is 14.0 Å². The van der Waals surface area contributed by atoms with Gasteiger partial charge >= 0.3 is 0 Å². The molecular formula is C13H19N5. The smallest absolute Gasteiger partial charge is 0.226 e. The van der Waals surface area contributed by atoms with Gasteiger partial charge in [-0.1, -0.05) is 6.42 Å². The molecule has 1 aromatic rings. The predicted molar refractivity (Wildman–Crippen MR) is 70.1 cm³/mol. The third kappa shape index (κ3) is 2.44. The van der Waals surface area contributed by atoms with Gasteiger partial charge in [0.25, 0.3) is 0 Å². The van der Waals surface area contributed by atoms with E-state index in [4.69, 9.17) is 11.0 Å². The Morgan fingerprint density at radius 1 is 1.50 bits per heavy atom. The topological polar surface area (TPSA) is 78.8 Å². The van der Waals surface area contributed by atoms with Crippen molar-refractivity contribution in [3.8, 4) is 6.07 Å². The first kappa shape index (κ1) is 12.8. The number of nitriles is 1.